The molecule has 106 valence electrons. The maximum atomic E-state index is 11.1. The van der Waals surface area contributed by atoms with Crippen molar-refractivity contribution in [3.05, 3.63) is 57.3 Å². The van der Waals surface area contributed by atoms with Crippen LogP contribution in [0.4, 0.5) is 0 Å². The number of aromatic hydroxyl groups is 1. The Balaban J connectivity index is 2.18. The molecule has 0 saturated carbocycles. The SMILES string of the molecule is CC1=C(CC(=O)O)c2cc(O)ccc2/C1=C\c1ccsc1. The molecule has 0 spiro atoms. The van der Waals surface area contributed by atoms with Gasteiger partial charge in [0, 0.05) is 0 Å². The minimum atomic E-state index is -0.865. The summed E-state index contributed by atoms with van der Waals surface area (Å²) in [5, 5.41) is 22.9. The molecular weight excluding hydrogens is 284 g/mol. The third-order valence-corrected chi connectivity index (χ3v) is 4.36. The van der Waals surface area contributed by atoms with Crippen LogP contribution < -0.4 is 0 Å². The zero-order valence-electron chi connectivity index (χ0n) is 11.5. The molecule has 1 heterocycles. The second kappa shape index (κ2) is 5.22. The minimum absolute atomic E-state index is 0.0384. The van der Waals surface area contributed by atoms with Gasteiger partial charge in [-0.15, -0.1) is 0 Å². The highest BCUT2D eigenvalue weighted by atomic mass is 32.1. The standard InChI is InChI=1S/C17H14O3S/c1-10-14(6-11-4-5-21-9-11)13-3-2-12(18)7-16(13)15(10)8-17(19)20/h2-7,9,18H,8H2,1H3,(H,19,20)/b14-6-. The van der Waals surface area contributed by atoms with E-state index in [4.69, 9.17) is 5.11 Å². The van der Waals surface area contributed by atoms with Gasteiger partial charge >= 0.3 is 5.97 Å². The van der Waals surface area contributed by atoms with Crippen molar-refractivity contribution in [2.24, 2.45) is 0 Å². The molecular formula is C17H14O3S. The number of carboxylic acids is 1. The third-order valence-electron chi connectivity index (χ3n) is 3.66. The van der Waals surface area contributed by atoms with E-state index in [0.717, 1.165) is 33.4 Å². The van der Waals surface area contributed by atoms with Crippen LogP contribution in [-0.4, -0.2) is 16.2 Å². The zero-order valence-corrected chi connectivity index (χ0v) is 12.3. The van der Waals surface area contributed by atoms with Gasteiger partial charge in [-0.3, -0.25) is 4.79 Å². The topological polar surface area (TPSA) is 57.5 Å². The summed E-state index contributed by atoms with van der Waals surface area (Å²) >= 11 is 1.62. The number of hydrogen-bond donors (Lipinski definition) is 2. The highest BCUT2D eigenvalue weighted by Gasteiger charge is 2.25. The summed E-state index contributed by atoms with van der Waals surface area (Å²) in [7, 11) is 0. The number of allylic oxidation sites excluding steroid dienone is 2. The van der Waals surface area contributed by atoms with Crippen LogP contribution in [0.3, 0.4) is 0 Å². The smallest absolute Gasteiger partial charge is 0.307 e. The number of thiophene rings is 1. The van der Waals surface area contributed by atoms with E-state index in [-0.39, 0.29) is 12.2 Å². The van der Waals surface area contributed by atoms with Crippen LogP contribution in [0.15, 0.2) is 40.6 Å². The third kappa shape index (κ3) is 2.50. The number of hydrogen-bond acceptors (Lipinski definition) is 3. The molecule has 1 aromatic heterocycles. The van der Waals surface area contributed by atoms with E-state index in [1.54, 1.807) is 23.5 Å². The number of rotatable bonds is 3. The lowest BCUT2D eigenvalue weighted by molar-refractivity contribution is -0.135. The average molecular weight is 298 g/mol. The summed E-state index contributed by atoms with van der Waals surface area (Å²) in [5.74, 6) is -0.711. The van der Waals surface area contributed by atoms with Gasteiger partial charge in [-0.05, 0) is 75.4 Å². The van der Waals surface area contributed by atoms with E-state index < -0.39 is 5.97 Å². The Hall–Kier alpha value is -2.33. The van der Waals surface area contributed by atoms with Crippen LogP contribution in [0.1, 0.15) is 30.0 Å². The second-order valence-corrected chi connectivity index (χ2v) is 5.80. The summed E-state index contributed by atoms with van der Waals surface area (Å²) in [6.45, 7) is 1.94. The van der Waals surface area contributed by atoms with E-state index in [2.05, 4.69) is 11.5 Å². The van der Waals surface area contributed by atoms with E-state index in [9.17, 15) is 9.90 Å². The Morgan fingerprint density at radius 2 is 2.10 bits per heavy atom. The molecule has 1 aliphatic carbocycles. The van der Waals surface area contributed by atoms with E-state index in [1.807, 2.05) is 24.4 Å². The Morgan fingerprint density at radius 1 is 1.29 bits per heavy atom. The molecule has 0 saturated heterocycles. The van der Waals surface area contributed by atoms with Crippen molar-refractivity contribution >= 4 is 34.5 Å². The first kappa shape index (κ1) is 13.6. The summed E-state index contributed by atoms with van der Waals surface area (Å²) in [5.41, 5.74) is 5.66. The fourth-order valence-corrected chi connectivity index (χ4v) is 3.29. The minimum Gasteiger partial charge on any atom is -0.508 e. The average Bonchev–Trinajstić information content (AvgIpc) is 3.01. The predicted molar refractivity (Wildman–Crippen MR) is 85.1 cm³/mol. The molecule has 0 unspecified atom stereocenters. The van der Waals surface area contributed by atoms with Crippen molar-refractivity contribution in [1.82, 2.24) is 0 Å². The summed E-state index contributed by atoms with van der Waals surface area (Å²) in [6.07, 6.45) is 2.03. The molecule has 0 aliphatic heterocycles. The van der Waals surface area contributed by atoms with Gasteiger partial charge in [0.2, 0.25) is 0 Å². The molecule has 2 N–H and O–H groups in total. The first-order chi connectivity index (χ1) is 10.1. The second-order valence-electron chi connectivity index (χ2n) is 5.02. The lowest BCUT2D eigenvalue weighted by atomic mass is 10.0. The first-order valence-corrected chi connectivity index (χ1v) is 7.50. The van der Waals surface area contributed by atoms with Crippen molar-refractivity contribution in [3.8, 4) is 5.75 Å². The number of benzene rings is 1. The molecule has 0 radical (unpaired) electrons. The van der Waals surface area contributed by atoms with Crippen LogP contribution in [-0.2, 0) is 4.79 Å². The van der Waals surface area contributed by atoms with Gasteiger partial charge in [-0.2, -0.15) is 11.3 Å². The number of phenolic OH excluding ortho intramolecular Hbond substituents is 1. The molecule has 21 heavy (non-hydrogen) atoms. The molecule has 3 nitrogen and oxygen atoms in total. The van der Waals surface area contributed by atoms with Crippen LogP contribution in [0.2, 0.25) is 0 Å². The fraction of sp³-hybridized carbons (Fsp3) is 0.118. The highest BCUT2D eigenvalue weighted by molar-refractivity contribution is 7.08. The van der Waals surface area contributed by atoms with Crippen molar-refractivity contribution in [2.75, 3.05) is 0 Å². The normalized spacial score (nSPS) is 15.6. The maximum absolute atomic E-state index is 11.1. The Kier molecular flexibility index (Phi) is 3.39. The maximum Gasteiger partial charge on any atom is 0.307 e. The molecule has 0 fully saturated rings. The molecule has 1 aliphatic rings. The first-order valence-electron chi connectivity index (χ1n) is 6.56. The largest absolute Gasteiger partial charge is 0.508 e. The molecule has 4 heteroatoms. The summed E-state index contributed by atoms with van der Waals surface area (Å²) in [4.78, 5) is 11.1. The zero-order chi connectivity index (χ0) is 15.0. The van der Waals surface area contributed by atoms with Crippen LogP contribution >= 0.6 is 11.3 Å². The quantitative estimate of drug-likeness (QED) is 0.890. The lowest BCUT2D eigenvalue weighted by Gasteiger charge is -2.04. The fourth-order valence-electron chi connectivity index (χ4n) is 2.67. The number of carboxylic acid groups (broad SMARTS) is 1. The van der Waals surface area contributed by atoms with Gasteiger partial charge in [-0.25, -0.2) is 0 Å². The van der Waals surface area contributed by atoms with E-state index in [0.29, 0.717) is 0 Å². The van der Waals surface area contributed by atoms with Crippen LogP contribution in [0.25, 0.3) is 17.2 Å². The number of aliphatic carboxylic acids is 1. The summed E-state index contributed by atoms with van der Waals surface area (Å²) < 4.78 is 0. The number of phenols is 1. The molecule has 0 atom stereocenters. The number of carbonyl (C=O) groups is 1. The summed E-state index contributed by atoms with van der Waals surface area (Å²) in [6, 6.07) is 7.16. The predicted octanol–water partition coefficient (Wildman–Crippen LogP) is 4.26. The van der Waals surface area contributed by atoms with Crippen LogP contribution in [0, 0.1) is 0 Å². The van der Waals surface area contributed by atoms with Crippen molar-refractivity contribution < 1.29 is 15.0 Å². The molecule has 1 aromatic carbocycles. The molecule has 2 aromatic rings. The van der Waals surface area contributed by atoms with Crippen molar-refractivity contribution in [2.45, 2.75) is 13.3 Å². The van der Waals surface area contributed by atoms with Crippen LogP contribution in [0.5, 0.6) is 5.75 Å². The molecule has 3 rings (SSSR count). The Bertz CT molecular complexity index is 767. The van der Waals surface area contributed by atoms with Gasteiger partial charge in [0.15, 0.2) is 0 Å². The van der Waals surface area contributed by atoms with Crippen molar-refractivity contribution in [1.29, 1.82) is 0 Å². The molecule has 0 amide bonds. The van der Waals surface area contributed by atoms with Gasteiger partial charge in [0.05, 0.1) is 6.42 Å². The Morgan fingerprint density at radius 3 is 2.76 bits per heavy atom. The van der Waals surface area contributed by atoms with Gasteiger partial charge in [0.1, 0.15) is 5.75 Å². The van der Waals surface area contributed by atoms with E-state index >= 15 is 0 Å². The molecule has 0 bridgehead atoms. The van der Waals surface area contributed by atoms with Gasteiger partial charge < -0.3 is 10.2 Å². The van der Waals surface area contributed by atoms with E-state index in [1.165, 1.54) is 0 Å². The van der Waals surface area contributed by atoms with Gasteiger partial charge in [-0.1, -0.05) is 6.07 Å². The monoisotopic (exact) mass is 298 g/mol. The highest BCUT2D eigenvalue weighted by Crippen LogP contribution is 2.44. The lowest BCUT2D eigenvalue weighted by Crippen LogP contribution is -1.96. The number of fused-ring (bicyclic) bond motifs is 1. The van der Waals surface area contributed by atoms with Gasteiger partial charge in [0.25, 0.3) is 0 Å². The van der Waals surface area contributed by atoms with Crippen molar-refractivity contribution in [3.63, 3.8) is 0 Å². The Labute approximate surface area is 126 Å².